The summed E-state index contributed by atoms with van der Waals surface area (Å²) >= 11 is -1.27. The average molecular weight is 521 g/mol. The third-order valence-electron chi connectivity index (χ3n) is 4.72. The molecule has 0 bridgehead atoms. The van der Waals surface area contributed by atoms with Crippen molar-refractivity contribution in [2.45, 2.75) is 32.7 Å². The second-order valence-corrected chi connectivity index (χ2v) is 8.96. The summed E-state index contributed by atoms with van der Waals surface area (Å²) in [6.45, 7) is 2.79. The Labute approximate surface area is 198 Å². The van der Waals surface area contributed by atoms with Crippen molar-refractivity contribution in [3.8, 4) is 11.5 Å². The van der Waals surface area contributed by atoms with E-state index >= 15 is 0 Å². The van der Waals surface area contributed by atoms with Crippen LogP contribution < -0.4 is 14.8 Å². The van der Waals surface area contributed by atoms with E-state index in [1.54, 1.807) is 6.92 Å². The number of benzene rings is 1. The fourth-order valence-electron chi connectivity index (χ4n) is 3.47. The fraction of sp³-hybridized carbons (Fsp3) is 0.350. The van der Waals surface area contributed by atoms with Crippen LogP contribution in [0.25, 0.3) is 0 Å². The summed E-state index contributed by atoms with van der Waals surface area (Å²) in [6, 6.07) is 2.30. The van der Waals surface area contributed by atoms with Gasteiger partial charge < -0.3 is 19.3 Å². The van der Waals surface area contributed by atoms with E-state index in [2.05, 4.69) is 10.1 Å². The normalized spacial score (nSPS) is 15.2. The number of imide groups is 1. The number of amides is 3. The number of nitrogens with zero attached hydrogens (tertiary/aromatic N) is 1. The molecule has 2 atom stereocenters. The van der Waals surface area contributed by atoms with Crippen LogP contribution in [0.15, 0.2) is 23.6 Å². The minimum atomic E-state index is -4.98. The molecule has 3 amide bonds. The summed E-state index contributed by atoms with van der Waals surface area (Å²) in [7, 11) is 0. The van der Waals surface area contributed by atoms with Gasteiger partial charge in [0.15, 0.2) is 22.6 Å². The van der Waals surface area contributed by atoms with Crippen molar-refractivity contribution in [1.29, 1.82) is 0 Å². The molecule has 0 fully saturated rings. The zero-order valence-electron chi connectivity index (χ0n) is 17.8. The number of hydrogen-bond donors (Lipinski definition) is 2. The maximum Gasteiger partial charge on any atom is 0.573 e. The highest BCUT2D eigenvalue weighted by molar-refractivity contribution is 7.79. The largest absolute Gasteiger partial charge is 0.573 e. The van der Waals surface area contributed by atoms with Gasteiger partial charge in [0.2, 0.25) is 5.91 Å². The summed E-state index contributed by atoms with van der Waals surface area (Å²) in [5, 5.41) is 4.08. The first-order valence-corrected chi connectivity index (χ1v) is 11.9. The first-order valence-electron chi connectivity index (χ1n) is 9.79. The Morgan fingerprint density at radius 3 is 2.56 bits per heavy atom. The molecule has 0 aliphatic carbocycles. The summed E-state index contributed by atoms with van der Waals surface area (Å²) in [4.78, 5) is 38.6. The molecule has 0 spiro atoms. The summed E-state index contributed by atoms with van der Waals surface area (Å²) < 4.78 is 68.1. The Kier molecular flexibility index (Phi) is 7.63. The minimum Gasteiger partial charge on any atom is -0.490 e. The van der Waals surface area contributed by atoms with Gasteiger partial charge in [-0.05, 0) is 31.0 Å². The first kappa shape index (κ1) is 25.6. The van der Waals surface area contributed by atoms with E-state index < -0.39 is 47.0 Å². The second-order valence-electron chi connectivity index (χ2n) is 7.03. The van der Waals surface area contributed by atoms with Gasteiger partial charge in [0.1, 0.15) is 5.00 Å². The average Bonchev–Trinajstić information content (AvgIpc) is 3.23. The predicted octanol–water partition coefficient (Wildman–Crippen LogP) is 3.95. The Hall–Kier alpha value is -2.97. The van der Waals surface area contributed by atoms with E-state index in [9.17, 15) is 36.3 Å². The Morgan fingerprint density at radius 2 is 1.97 bits per heavy atom. The zero-order valence-corrected chi connectivity index (χ0v) is 19.4. The number of ether oxygens (including phenoxy) is 2. The van der Waals surface area contributed by atoms with Crippen LogP contribution in [0.2, 0.25) is 0 Å². The van der Waals surface area contributed by atoms with E-state index in [4.69, 9.17) is 4.74 Å². The van der Waals surface area contributed by atoms with Crippen LogP contribution in [0.5, 0.6) is 11.5 Å². The van der Waals surface area contributed by atoms with Gasteiger partial charge in [-0.1, -0.05) is 6.07 Å². The van der Waals surface area contributed by atoms with Gasteiger partial charge in [-0.2, -0.15) is 0 Å². The van der Waals surface area contributed by atoms with Crippen LogP contribution in [0.4, 0.5) is 18.2 Å². The molecule has 1 aliphatic heterocycles. The number of fused-ring (bicyclic) bond motifs is 1. The Morgan fingerprint density at radius 1 is 1.26 bits per heavy atom. The Balaban J connectivity index is 2.04. The second kappa shape index (κ2) is 10.1. The van der Waals surface area contributed by atoms with Gasteiger partial charge in [0.05, 0.1) is 29.5 Å². The third kappa shape index (κ3) is 5.56. The fourth-order valence-corrected chi connectivity index (χ4v) is 4.87. The van der Waals surface area contributed by atoms with Crippen molar-refractivity contribution >= 4 is 45.1 Å². The monoisotopic (exact) mass is 520 g/mol. The number of nitrogens with one attached hydrogen (secondary N) is 1. The van der Waals surface area contributed by atoms with Gasteiger partial charge in [-0.3, -0.25) is 19.3 Å². The van der Waals surface area contributed by atoms with Crippen molar-refractivity contribution in [3.05, 3.63) is 40.3 Å². The Bertz CT molecular complexity index is 1150. The topological polar surface area (TPSA) is 122 Å². The summed E-state index contributed by atoms with van der Waals surface area (Å²) in [6.07, 6.45) is -5.13. The van der Waals surface area contributed by atoms with E-state index in [1.807, 2.05) is 0 Å². The molecule has 1 aromatic heterocycles. The molecule has 184 valence electrons. The number of hydrogen-bond acceptors (Lipinski definition) is 7. The molecular formula is C20H19F3N2O7S2. The van der Waals surface area contributed by atoms with Crippen molar-refractivity contribution in [3.63, 3.8) is 0 Å². The van der Waals surface area contributed by atoms with Gasteiger partial charge in [-0.25, -0.2) is 4.21 Å². The molecular weight excluding hydrogens is 501 g/mol. The van der Waals surface area contributed by atoms with Crippen molar-refractivity contribution in [2.75, 3.05) is 17.7 Å². The van der Waals surface area contributed by atoms with Crippen LogP contribution in [-0.4, -0.2) is 50.1 Å². The number of anilines is 1. The lowest BCUT2D eigenvalue weighted by atomic mass is 10.0. The molecule has 1 unspecified atom stereocenters. The van der Waals surface area contributed by atoms with Crippen LogP contribution in [0.3, 0.4) is 0 Å². The van der Waals surface area contributed by atoms with Crippen molar-refractivity contribution < 1.29 is 45.8 Å². The minimum absolute atomic E-state index is 0.00163. The predicted molar refractivity (Wildman–Crippen MR) is 116 cm³/mol. The molecule has 0 saturated heterocycles. The standard InChI is InChI=1S/C20H19F3N2O7S2/c1-3-31-15-8-11(4-5-14(15)32-20(21,22)23)13(6-7-34(29)30)25-18(27)12-9-33-17(24-10(2)26)16(12)19(25)28/h4-5,8-9,13H,3,6-7H2,1-2H3,(H,24,26)(H,29,30)/t13-/m1/s1. The van der Waals surface area contributed by atoms with E-state index in [0.29, 0.717) is 0 Å². The maximum atomic E-state index is 13.2. The van der Waals surface area contributed by atoms with Gasteiger partial charge in [0.25, 0.3) is 11.8 Å². The maximum absolute atomic E-state index is 13.2. The number of carbonyl (C=O) groups is 3. The van der Waals surface area contributed by atoms with Crippen LogP contribution >= 0.6 is 11.3 Å². The number of rotatable bonds is 9. The molecule has 34 heavy (non-hydrogen) atoms. The van der Waals surface area contributed by atoms with Crippen LogP contribution in [0.1, 0.15) is 52.6 Å². The van der Waals surface area contributed by atoms with E-state index in [-0.39, 0.29) is 46.2 Å². The molecule has 1 aliphatic rings. The highest BCUT2D eigenvalue weighted by atomic mass is 32.2. The molecule has 2 N–H and O–H groups in total. The third-order valence-corrected chi connectivity index (χ3v) is 6.20. The number of halogens is 3. The van der Waals surface area contributed by atoms with Gasteiger partial charge in [-0.15, -0.1) is 24.5 Å². The van der Waals surface area contributed by atoms with E-state index in [1.165, 1.54) is 24.4 Å². The highest BCUT2D eigenvalue weighted by Crippen LogP contribution is 2.42. The summed E-state index contributed by atoms with van der Waals surface area (Å²) in [5.41, 5.74) is 0.235. The van der Waals surface area contributed by atoms with Crippen molar-refractivity contribution in [1.82, 2.24) is 4.90 Å². The van der Waals surface area contributed by atoms with Gasteiger partial charge in [0, 0.05) is 12.3 Å². The zero-order chi connectivity index (χ0) is 25.2. The molecule has 0 saturated carbocycles. The number of thiophene rings is 1. The molecule has 9 nitrogen and oxygen atoms in total. The number of carbonyl (C=O) groups excluding carboxylic acids is 3. The summed E-state index contributed by atoms with van der Waals surface area (Å²) in [5.74, 6) is -3.11. The highest BCUT2D eigenvalue weighted by Gasteiger charge is 2.44. The first-order chi connectivity index (χ1) is 15.9. The molecule has 2 aromatic rings. The molecule has 14 heteroatoms. The smallest absolute Gasteiger partial charge is 0.490 e. The molecule has 3 rings (SSSR count). The lowest BCUT2D eigenvalue weighted by Gasteiger charge is -2.27. The lowest BCUT2D eigenvalue weighted by Crippen LogP contribution is -2.35. The van der Waals surface area contributed by atoms with Crippen LogP contribution in [-0.2, 0) is 15.9 Å². The SMILES string of the molecule is CCOc1cc([C@@H](CCS(=O)O)N2C(=O)c3csc(NC(C)=O)c3C2=O)ccc1OC(F)(F)F. The molecule has 1 aromatic carbocycles. The molecule has 2 heterocycles. The quantitative estimate of drug-likeness (QED) is 0.379. The van der Waals surface area contributed by atoms with E-state index in [0.717, 1.165) is 22.3 Å². The van der Waals surface area contributed by atoms with Crippen LogP contribution in [0, 0.1) is 0 Å². The van der Waals surface area contributed by atoms with Crippen molar-refractivity contribution in [2.24, 2.45) is 0 Å². The number of alkyl halides is 3. The lowest BCUT2D eigenvalue weighted by molar-refractivity contribution is -0.275. The van der Waals surface area contributed by atoms with Gasteiger partial charge >= 0.3 is 6.36 Å². The molecule has 0 radical (unpaired) electrons.